The van der Waals surface area contributed by atoms with Gasteiger partial charge in [-0.3, -0.25) is 9.59 Å². The third-order valence-electron chi connectivity index (χ3n) is 7.10. The van der Waals surface area contributed by atoms with E-state index in [2.05, 4.69) is 5.32 Å². The first-order chi connectivity index (χ1) is 16.4. The minimum atomic E-state index is -1.07. The zero-order chi connectivity index (χ0) is 23.9. The van der Waals surface area contributed by atoms with Crippen molar-refractivity contribution in [3.05, 3.63) is 65.4 Å². The number of hydrogen-bond donors (Lipinski definition) is 1. The fourth-order valence-electron chi connectivity index (χ4n) is 4.98. The van der Waals surface area contributed by atoms with Gasteiger partial charge in [0.2, 0.25) is 5.91 Å². The molecule has 2 aromatic carbocycles. The molecule has 0 saturated carbocycles. The Hall–Kier alpha value is -3.32. The number of aryl methyl sites for hydroxylation is 1. The van der Waals surface area contributed by atoms with Crippen molar-refractivity contribution in [2.75, 3.05) is 20.3 Å². The van der Waals surface area contributed by atoms with Gasteiger partial charge in [-0.15, -0.1) is 0 Å². The first kappa shape index (κ1) is 22.5. The smallest absolute Gasteiger partial charge is 0.271 e. The Balaban J connectivity index is 1.53. The van der Waals surface area contributed by atoms with Crippen LogP contribution < -0.4 is 10.1 Å². The van der Waals surface area contributed by atoms with Crippen molar-refractivity contribution in [2.45, 2.75) is 51.4 Å². The third kappa shape index (κ3) is 3.94. The van der Waals surface area contributed by atoms with Crippen molar-refractivity contribution in [3.8, 4) is 5.75 Å². The topological polar surface area (TPSA) is 72.8 Å². The number of ether oxygens (including phenoxy) is 2. The Kier molecular flexibility index (Phi) is 5.81. The van der Waals surface area contributed by atoms with Crippen molar-refractivity contribution < 1.29 is 19.1 Å². The van der Waals surface area contributed by atoms with E-state index in [9.17, 15) is 9.59 Å². The van der Waals surface area contributed by atoms with Gasteiger partial charge in [-0.1, -0.05) is 29.8 Å². The Bertz CT molecular complexity index is 1230. The predicted octanol–water partition coefficient (Wildman–Crippen LogP) is 3.67. The number of amides is 2. The Morgan fingerprint density at radius 3 is 2.71 bits per heavy atom. The number of nitrogens with one attached hydrogen (secondary N) is 1. The maximum Gasteiger partial charge on any atom is 0.271 e. The molecule has 5 rings (SSSR count). The van der Waals surface area contributed by atoms with Crippen molar-refractivity contribution in [2.24, 2.45) is 0 Å². The maximum atomic E-state index is 13.9. The van der Waals surface area contributed by atoms with Crippen LogP contribution in [0.2, 0.25) is 0 Å². The van der Waals surface area contributed by atoms with Crippen molar-refractivity contribution in [3.63, 3.8) is 0 Å². The lowest BCUT2D eigenvalue weighted by Gasteiger charge is -2.44. The number of methoxy groups -OCH3 is 1. The average Bonchev–Trinajstić information content (AvgIpc) is 3.49. The van der Waals surface area contributed by atoms with E-state index >= 15 is 0 Å². The van der Waals surface area contributed by atoms with E-state index in [4.69, 9.17) is 9.47 Å². The lowest BCUT2D eigenvalue weighted by atomic mass is 9.93. The number of carbonyl (C=O) groups excluding carboxylic acids is 2. The van der Waals surface area contributed by atoms with Gasteiger partial charge in [-0.25, -0.2) is 0 Å². The van der Waals surface area contributed by atoms with Crippen LogP contribution in [0.25, 0.3) is 10.9 Å². The summed E-state index contributed by atoms with van der Waals surface area (Å²) in [6, 6.07) is 15.8. The molecule has 2 aliphatic heterocycles. The van der Waals surface area contributed by atoms with Crippen LogP contribution in [0, 0.1) is 6.92 Å². The Labute approximate surface area is 199 Å². The summed E-state index contributed by atoms with van der Waals surface area (Å²) >= 11 is 0. The van der Waals surface area contributed by atoms with E-state index in [1.54, 1.807) is 12.0 Å². The average molecular weight is 462 g/mol. The summed E-state index contributed by atoms with van der Waals surface area (Å²) < 4.78 is 13.1. The molecule has 0 aliphatic carbocycles. The molecule has 7 heteroatoms. The number of nitrogens with zero attached hydrogens (tertiary/aromatic N) is 2. The van der Waals surface area contributed by atoms with Gasteiger partial charge in [0.15, 0.2) is 0 Å². The molecular weight excluding hydrogens is 430 g/mol. The van der Waals surface area contributed by atoms with Gasteiger partial charge in [-0.05, 0) is 50.5 Å². The highest BCUT2D eigenvalue weighted by Crippen LogP contribution is 2.35. The standard InChI is InChI=1S/C27H31N3O4/c1-18-6-8-19(9-7-18)16-30-25(31)24-13-20-10-11-21(33-3)14-23(20)29(24)17-27(30,2)26(32)28-15-22-5-4-12-34-22/h6-11,13-14,22H,4-5,12,15-17H2,1-3H3,(H,28,32)/t22-,27+/m1/s1. The fraction of sp³-hybridized carbons (Fsp3) is 0.407. The summed E-state index contributed by atoms with van der Waals surface area (Å²) in [6.45, 7) is 5.79. The molecule has 2 aliphatic rings. The summed E-state index contributed by atoms with van der Waals surface area (Å²) in [6.07, 6.45) is 1.98. The molecule has 7 nitrogen and oxygen atoms in total. The molecule has 0 radical (unpaired) electrons. The third-order valence-corrected chi connectivity index (χ3v) is 7.10. The summed E-state index contributed by atoms with van der Waals surface area (Å²) in [5, 5.41) is 4.03. The van der Waals surface area contributed by atoms with Gasteiger partial charge in [0.25, 0.3) is 5.91 Å². The van der Waals surface area contributed by atoms with E-state index in [0.717, 1.165) is 41.5 Å². The summed E-state index contributed by atoms with van der Waals surface area (Å²) in [4.78, 5) is 29.2. The molecule has 3 aromatic rings. The highest BCUT2D eigenvalue weighted by Gasteiger charge is 2.47. The van der Waals surface area contributed by atoms with Crippen LogP contribution >= 0.6 is 0 Å². The second kappa shape index (κ2) is 8.80. The molecule has 0 unspecified atom stereocenters. The summed E-state index contributed by atoms with van der Waals surface area (Å²) in [5.74, 6) is 0.392. The van der Waals surface area contributed by atoms with Crippen LogP contribution in [0.1, 0.15) is 41.4 Å². The number of fused-ring (bicyclic) bond motifs is 3. The van der Waals surface area contributed by atoms with Crippen LogP contribution in [0.4, 0.5) is 0 Å². The maximum absolute atomic E-state index is 13.9. The van der Waals surface area contributed by atoms with E-state index in [1.165, 1.54) is 0 Å². The normalized spacial score (nSPS) is 22.1. The Morgan fingerprint density at radius 2 is 2.00 bits per heavy atom. The highest BCUT2D eigenvalue weighted by atomic mass is 16.5. The molecule has 1 N–H and O–H groups in total. The van der Waals surface area contributed by atoms with Crippen molar-refractivity contribution >= 4 is 22.7 Å². The summed E-state index contributed by atoms with van der Waals surface area (Å²) in [5.41, 5.74) is 2.54. The highest BCUT2D eigenvalue weighted by molar-refractivity contribution is 6.03. The number of rotatable bonds is 6. The SMILES string of the molecule is COc1ccc2cc3n(c2c1)C[C@@](C)(C(=O)NC[C@H]1CCCO1)N(Cc1ccc(C)cc1)C3=O. The van der Waals surface area contributed by atoms with Crippen LogP contribution in [-0.2, 0) is 22.6 Å². The summed E-state index contributed by atoms with van der Waals surface area (Å²) in [7, 11) is 1.62. The van der Waals surface area contributed by atoms with Gasteiger partial charge in [0, 0.05) is 31.1 Å². The number of hydrogen-bond acceptors (Lipinski definition) is 4. The van der Waals surface area contributed by atoms with Crippen LogP contribution in [0.5, 0.6) is 5.75 Å². The minimum absolute atomic E-state index is 0.0321. The second-order valence-corrected chi connectivity index (χ2v) is 9.54. The zero-order valence-electron chi connectivity index (χ0n) is 20.0. The molecule has 0 spiro atoms. The van der Waals surface area contributed by atoms with Crippen LogP contribution in [-0.4, -0.2) is 53.2 Å². The first-order valence-corrected chi connectivity index (χ1v) is 11.8. The monoisotopic (exact) mass is 461 g/mol. The van der Waals surface area contributed by atoms with Gasteiger partial charge in [0.05, 0.1) is 25.3 Å². The van der Waals surface area contributed by atoms with Gasteiger partial charge in [-0.2, -0.15) is 0 Å². The second-order valence-electron chi connectivity index (χ2n) is 9.54. The van der Waals surface area contributed by atoms with E-state index in [0.29, 0.717) is 31.1 Å². The molecule has 0 bridgehead atoms. The number of carbonyl (C=O) groups is 2. The fourth-order valence-corrected chi connectivity index (χ4v) is 4.98. The van der Waals surface area contributed by atoms with Crippen LogP contribution in [0.15, 0.2) is 48.5 Å². The lowest BCUT2D eigenvalue weighted by molar-refractivity contribution is -0.133. The molecule has 178 valence electrons. The molecule has 3 heterocycles. The largest absolute Gasteiger partial charge is 0.497 e. The molecule has 1 saturated heterocycles. The van der Waals surface area contributed by atoms with Gasteiger partial charge >= 0.3 is 0 Å². The van der Waals surface area contributed by atoms with Gasteiger partial charge < -0.3 is 24.3 Å². The van der Waals surface area contributed by atoms with E-state index in [1.807, 2.05) is 66.9 Å². The first-order valence-electron chi connectivity index (χ1n) is 11.8. The van der Waals surface area contributed by atoms with Crippen molar-refractivity contribution in [1.82, 2.24) is 14.8 Å². The number of benzene rings is 2. The minimum Gasteiger partial charge on any atom is -0.497 e. The quantitative estimate of drug-likeness (QED) is 0.608. The molecule has 34 heavy (non-hydrogen) atoms. The molecule has 1 aromatic heterocycles. The molecule has 2 atom stereocenters. The van der Waals surface area contributed by atoms with Crippen molar-refractivity contribution in [1.29, 1.82) is 0 Å². The van der Waals surface area contributed by atoms with Gasteiger partial charge in [0.1, 0.15) is 17.0 Å². The Morgan fingerprint density at radius 1 is 1.21 bits per heavy atom. The van der Waals surface area contributed by atoms with Crippen LogP contribution in [0.3, 0.4) is 0 Å². The van der Waals surface area contributed by atoms with E-state index < -0.39 is 5.54 Å². The predicted molar refractivity (Wildman–Crippen MR) is 130 cm³/mol. The molecule has 1 fully saturated rings. The van der Waals surface area contributed by atoms with E-state index in [-0.39, 0.29) is 17.9 Å². The molecule has 2 amide bonds. The lowest BCUT2D eigenvalue weighted by Crippen LogP contribution is -2.64. The zero-order valence-corrected chi connectivity index (χ0v) is 20.0. The number of aromatic nitrogens is 1. The molecular formula is C27H31N3O4.